The fraction of sp³-hybridized carbons (Fsp3) is 0.333. The maximum atomic E-state index is 13.0. The number of halogens is 2. The van der Waals surface area contributed by atoms with Crippen LogP contribution in [-0.4, -0.2) is 5.11 Å². The van der Waals surface area contributed by atoms with Crippen molar-refractivity contribution >= 4 is 0 Å². The predicted octanol–water partition coefficient (Wildman–Crippen LogP) is 2.55. The van der Waals surface area contributed by atoms with E-state index in [4.69, 9.17) is 5.11 Å². The molecule has 12 heavy (non-hydrogen) atoms. The molecule has 0 heterocycles. The molecular weight excluding hydrogens is 162 g/mol. The lowest BCUT2D eigenvalue weighted by Gasteiger charge is -2.02. The normalized spacial score (nSPS) is 16.5. The van der Waals surface area contributed by atoms with Crippen LogP contribution in [0, 0.1) is 11.6 Å². The smallest absolute Gasteiger partial charge is 0.162 e. The molecule has 1 aliphatic carbocycles. The second-order valence-corrected chi connectivity index (χ2v) is 3.11. The molecular formula is C9H8F2O. The van der Waals surface area contributed by atoms with Gasteiger partial charge in [-0.15, -0.1) is 0 Å². The maximum absolute atomic E-state index is 13.0. The number of hydrogen-bond acceptors (Lipinski definition) is 1. The Hall–Kier alpha value is -1.12. The number of phenolic OH excluding ortho intramolecular Hbond substituents is 1. The predicted molar refractivity (Wildman–Crippen MR) is 40.0 cm³/mol. The monoisotopic (exact) mass is 170 g/mol. The second-order valence-electron chi connectivity index (χ2n) is 3.11. The van der Waals surface area contributed by atoms with Crippen LogP contribution in [0.2, 0.25) is 0 Å². The van der Waals surface area contributed by atoms with Gasteiger partial charge in [0.15, 0.2) is 11.6 Å². The zero-order chi connectivity index (χ0) is 8.72. The molecule has 0 saturated heterocycles. The molecule has 1 aliphatic rings. The van der Waals surface area contributed by atoms with Gasteiger partial charge in [0.25, 0.3) is 0 Å². The third-order valence-corrected chi connectivity index (χ3v) is 2.06. The largest absolute Gasteiger partial charge is 0.508 e. The number of benzene rings is 1. The van der Waals surface area contributed by atoms with Crippen molar-refractivity contribution in [1.82, 2.24) is 0 Å². The molecule has 0 atom stereocenters. The van der Waals surface area contributed by atoms with Crippen molar-refractivity contribution in [3.05, 3.63) is 29.3 Å². The number of rotatable bonds is 1. The standard InChI is InChI=1S/C9H8F2O/c10-8-4-6(12)3-7(9(8)11)5-1-2-5/h3-5,12H,1-2H2. The Labute approximate surface area is 68.6 Å². The average molecular weight is 170 g/mol. The van der Waals surface area contributed by atoms with E-state index in [2.05, 4.69) is 0 Å². The van der Waals surface area contributed by atoms with Gasteiger partial charge >= 0.3 is 0 Å². The zero-order valence-corrected chi connectivity index (χ0v) is 6.35. The van der Waals surface area contributed by atoms with Crippen molar-refractivity contribution in [1.29, 1.82) is 0 Å². The Morgan fingerprint density at radius 1 is 1.25 bits per heavy atom. The summed E-state index contributed by atoms with van der Waals surface area (Å²) in [6.45, 7) is 0. The molecule has 64 valence electrons. The minimum Gasteiger partial charge on any atom is -0.508 e. The summed E-state index contributed by atoms with van der Waals surface area (Å²) in [5.41, 5.74) is 0.313. The van der Waals surface area contributed by atoms with Crippen LogP contribution in [0.25, 0.3) is 0 Å². The SMILES string of the molecule is Oc1cc(F)c(F)c(C2CC2)c1. The Morgan fingerprint density at radius 3 is 2.50 bits per heavy atom. The highest BCUT2D eigenvalue weighted by molar-refractivity contribution is 5.34. The van der Waals surface area contributed by atoms with Crippen molar-refractivity contribution < 1.29 is 13.9 Å². The van der Waals surface area contributed by atoms with Crippen molar-refractivity contribution in [2.45, 2.75) is 18.8 Å². The highest BCUT2D eigenvalue weighted by Crippen LogP contribution is 2.42. The summed E-state index contributed by atoms with van der Waals surface area (Å²) < 4.78 is 25.7. The summed E-state index contributed by atoms with van der Waals surface area (Å²) in [6.07, 6.45) is 1.78. The van der Waals surface area contributed by atoms with Crippen LogP contribution in [0.4, 0.5) is 8.78 Å². The van der Waals surface area contributed by atoms with Crippen molar-refractivity contribution in [3.8, 4) is 5.75 Å². The molecule has 0 aliphatic heterocycles. The van der Waals surface area contributed by atoms with Crippen LogP contribution in [0.1, 0.15) is 24.3 Å². The van der Waals surface area contributed by atoms with Crippen molar-refractivity contribution in [2.75, 3.05) is 0 Å². The third kappa shape index (κ3) is 1.15. The second kappa shape index (κ2) is 2.44. The third-order valence-electron chi connectivity index (χ3n) is 2.06. The quantitative estimate of drug-likeness (QED) is 0.686. The lowest BCUT2D eigenvalue weighted by molar-refractivity contribution is 0.450. The lowest BCUT2D eigenvalue weighted by atomic mass is 10.1. The number of aromatic hydroxyl groups is 1. The molecule has 1 aromatic carbocycles. The van der Waals surface area contributed by atoms with Gasteiger partial charge < -0.3 is 5.11 Å². The molecule has 0 amide bonds. The van der Waals surface area contributed by atoms with E-state index in [0.29, 0.717) is 5.56 Å². The molecule has 0 radical (unpaired) electrons. The van der Waals surface area contributed by atoms with Gasteiger partial charge in [0.2, 0.25) is 0 Å². The maximum Gasteiger partial charge on any atom is 0.162 e. The molecule has 1 fully saturated rings. The summed E-state index contributed by atoms with van der Waals surface area (Å²) in [6, 6.07) is 2.09. The van der Waals surface area contributed by atoms with Gasteiger partial charge in [-0.05, 0) is 30.4 Å². The van der Waals surface area contributed by atoms with Crippen molar-refractivity contribution in [3.63, 3.8) is 0 Å². The fourth-order valence-electron chi connectivity index (χ4n) is 1.29. The molecule has 1 saturated carbocycles. The molecule has 0 unspecified atom stereocenters. The van der Waals surface area contributed by atoms with Gasteiger partial charge in [-0.2, -0.15) is 0 Å². The van der Waals surface area contributed by atoms with Crippen LogP contribution in [0.5, 0.6) is 5.75 Å². The number of phenols is 1. The van der Waals surface area contributed by atoms with Crippen LogP contribution in [0.3, 0.4) is 0 Å². The molecule has 1 N–H and O–H groups in total. The summed E-state index contributed by atoms with van der Waals surface area (Å²) in [5.74, 6) is -1.85. The van der Waals surface area contributed by atoms with E-state index in [1.165, 1.54) is 6.07 Å². The van der Waals surface area contributed by atoms with E-state index >= 15 is 0 Å². The van der Waals surface area contributed by atoms with Gasteiger partial charge in [-0.1, -0.05) is 0 Å². The first-order valence-electron chi connectivity index (χ1n) is 3.86. The number of hydrogen-bond donors (Lipinski definition) is 1. The van der Waals surface area contributed by atoms with E-state index in [0.717, 1.165) is 18.9 Å². The molecule has 0 spiro atoms. The molecule has 2 rings (SSSR count). The van der Waals surface area contributed by atoms with Crippen LogP contribution >= 0.6 is 0 Å². The summed E-state index contributed by atoms with van der Waals surface area (Å²) >= 11 is 0. The van der Waals surface area contributed by atoms with E-state index in [-0.39, 0.29) is 11.7 Å². The molecule has 1 aromatic rings. The Bertz CT molecular complexity index is 319. The van der Waals surface area contributed by atoms with Gasteiger partial charge in [-0.3, -0.25) is 0 Å². The van der Waals surface area contributed by atoms with E-state index in [1.807, 2.05) is 0 Å². The fourth-order valence-corrected chi connectivity index (χ4v) is 1.29. The summed E-state index contributed by atoms with van der Waals surface area (Å²) in [4.78, 5) is 0. The lowest BCUT2D eigenvalue weighted by Crippen LogP contribution is -1.91. The van der Waals surface area contributed by atoms with Gasteiger partial charge in [0.1, 0.15) is 5.75 Å². The van der Waals surface area contributed by atoms with Gasteiger partial charge in [-0.25, -0.2) is 8.78 Å². The Balaban J connectivity index is 2.51. The first-order valence-corrected chi connectivity index (χ1v) is 3.86. The highest BCUT2D eigenvalue weighted by atomic mass is 19.2. The first kappa shape index (κ1) is 7.53. The van der Waals surface area contributed by atoms with Gasteiger partial charge in [0, 0.05) is 6.07 Å². The molecule has 3 heteroatoms. The van der Waals surface area contributed by atoms with E-state index in [9.17, 15) is 8.78 Å². The zero-order valence-electron chi connectivity index (χ0n) is 6.35. The molecule has 0 aromatic heterocycles. The minimum atomic E-state index is -0.961. The van der Waals surface area contributed by atoms with E-state index in [1.54, 1.807) is 0 Å². The van der Waals surface area contributed by atoms with Crippen molar-refractivity contribution in [2.24, 2.45) is 0 Å². The topological polar surface area (TPSA) is 20.2 Å². The van der Waals surface area contributed by atoms with E-state index < -0.39 is 11.6 Å². The summed E-state index contributed by atoms with van der Waals surface area (Å²) in [7, 11) is 0. The van der Waals surface area contributed by atoms with Crippen LogP contribution in [-0.2, 0) is 0 Å². The van der Waals surface area contributed by atoms with Crippen LogP contribution in [0.15, 0.2) is 12.1 Å². The average Bonchev–Trinajstić information content (AvgIpc) is 2.79. The molecule has 0 bridgehead atoms. The summed E-state index contributed by atoms with van der Waals surface area (Å²) in [5, 5.41) is 8.99. The molecule has 1 nitrogen and oxygen atoms in total. The minimum absolute atomic E-state index is 0.117. The Morgan fingerprint density at radius 2 is 1.92 bits per heavy atom. The Kier molecular flexibility index (Phi) is 1.53. The highest BCUT2D eigenvalue weighted by Gasteiger charge is 2.28. The van der Waals surface area contributed by atoms with Crippen LogP contribution < -0.4 is 0 Å². The first-order chi connectivity index (χ1) is 5.68. The van der Waals surface area contributed by atoms with Gasteiger partial charge in [0.05, 0.1) is 0 Å².